The first-order chi connectivity index (χ1) is 16.1. The number of nitrogens with two attached hydrogens (primary N) is 1. The van der Waals surface area contributed by atoms with Gasteiger partial charge in [0.2, 0.25) is 0 Å². The number of hydrazine groups is 1. The maximum atomic E-state index is 12.4. The molecule has 33 heavy (non-hydrogen) atoms. The first kappa shape index (κ1) is 21.8. The van der Waals surface area contributed by atoms with Crippen LogP contribution in [0.5, 0.6) is 0 Å². The van der Waals surface area contributed by atoms with Gasteiger partial charge in [0.25, 0.3) is 5.91 Å². The van der Waals surface area contributed by atoms with Crippen molar-refractivity contribution in [2.75, 3.05) is 10.6 Å². The van der Waals surface area contributed by atoms with Crippen LogP contribution in [0.25, 0.3) is 0 Å². The van der Waals surface area contributed by atoms with Crippen LogP contribution in [0.1, 0.15) is 36.0 Å². The number of carbonyl (C=O) groups excluding carboxylic acids is 1. The van der Waals surface area contributed by atoms with Gasteiger partial charge in [0.05, 0.1) is 15.9 Å². The zero-order valence-corrected chi connectivity index (χ0v) is 20.2. The van der Waals surface area contributed by atoms with Gasteiger partial charge in [-0.1, -0.05) is 18.2 Å². The summed E-state index contributed by atoms with van der Waals surface area (Å²) in [6.45, 7) is 0. The van der Waals surface area contributed by atoms with Crippen LogP contribution in [0.3, 0.4) is 0 Å². The first-order valence-electron chi connectivity index (χ1n) is 11.0. The number of aliphatic imine (C=N–C) groups is 1. The van der Waals surface area contributed by atoms with Crippen LogP contribution < -0.4 is 21.8 Å². The second-order valence-corrected chi connectivity index (χ2v) is 9.85. The molecule has 1 aliphatic carbocycles. The van der Waals surface area contributed by atoms with E-state index >= 15 is 0 Å². The highest BCUT2D eigenvalue weighted by atomic mass is 127. The third-order valence-electron chi connectivity index (χ3n) is 5.78. The summed E-state index contributed by atoms with van der Waals surface area (Å²) in [6.07, 6.45) is 6.13. The largest absolute Gasteiger partial charge is 0.352 e. The Labute approximate surface area is 203 Å². The van der Waals surface area contributed by atoms with Crippen molar-refractivity contribution in [3.8, 4) is 0 Å². The second kappa shape index (κ2) is 9.84. The SMILES string of the molecule is NC1CCC(N=C2C=C(Nc3ccc(NC(=O)c4ccccc4)cc3)C3=NI=CN3N2)CC1. The Morgan fingerprint density at radius 2 is 1.79 bits per heavy atom. The van der Waals surface area contributed by atoms with E-state index in [0.29, 0.717) is 17.6 Å². The van der Waals surface area contributed by atoms with Crippen molar-refractivity contribution in [3.05, 3.63) is 71.9 Å². The fourth-order valence-corrected chi connectivity index (χ4v) is 5.51. The molecule has 2 aliphatic heterocycles. The zero-order chi connectivity index (χ0) is 22.6. The Morgan fingerprint density at radius 3 is 2.55 bits per heavy atom. The number of anilines is 2. The molecule has 1 amide bonds. The Kier molecular flexibility index (Phi) is 6.49. The molecule has 0 radical (unpaired) electrons. The minimum atomic E-state index is -0.372. The van der Waals surface area contributed by atoms with E-state index < -0.39 is 0 Å². The lowest BCUT2D eigenvalue weighted by atomic mass is 9.92. The molecule has 5 N–H and O–H groups in total. The third-order valence-corrected chi connectivity index (χ3v) is 7.32. The molecule has 8 nitrogen and oxygen atoms in total. The minimum Gasteiger partial charge on any atom is -0.352 e. The molecular weight excluding hydrogens is 529 g/mol. The summed E-state index contributed by atoms with van der Waals surface area (Å²) >= 11 is -0.372. The number of carbonyl (C=O) groups is 1. The number of nitrogens with one attached hydrogen (secondary N) is 3. The van der Waals surface area contributed by atoms with Crippen molar-refractivity contribution < 1.29 is 4.79 Å². The topological polar surface area (TPSA) is 107 Å². The number of amidine groups is 2. The van der Waals surface area contributed by atoms with E-state index in [0.717, 1.165) is 54.4 Å². The highest BCUT2D eigenvalue weighted by Crippen LogP contribution is 2.24. The summed E-state index contributed by atoms with van der Waals surface area (Å²) in [7, 11) is 0. The molecule has 2 aromatic rings. The standard InChI is InChI=1S/C24H26IN7O/c26-17-6-8-19(9-7-17)28-22-14-21(23-30-25-15-32(23)31-22)27-18-10-12-20(13-11-18)29-24(33)16-4-2-1-3-5-16/h1-5,10-15,17,19,27H,6-9,26H2,(H,28,31)(H,29,33). The monoisotopic (exact) mass is 555 g/mol. The van der Waals surface area contributed by atoms with E-state index in [4.69, 9.17) is 13.9 Å². The molecule has 0 atom stereocenters. The van der Waals surface area contributed by atoms with Crippen molar-refractivity contribution in [2.24, 2.45) is 13.9 Å². The van der Waals surface area contributed by atoms with E-state index in [1.54, 1.807) is 12.1 Å². The molecule has 1 fully saturated rings. The van der Waals surface area contributed by atoms with Crippen LogP contribution in [0.15, 0.2) is 74.6 Å². The van der Waals surface area contributed by atoms with Gasteiger partial charge in [-0.3, -0.25) is 15.2 Å². The highest BCUT2D eigenvalue weighted by Gasteiger charge is 2.26. The number of hydrogen-bond acceptors (Lipinski definition) is 6. The van der Waals surface area contributed by atoms with Gasteiger partial charge in [0.1, 0.15) is 5.84 Å². The van der Waals surface area contributed by atoms with Gasteiger partial charge >= 0.3 is 0 Å². The third kappa shape index (κ3) is 5.31. The summed E-state index contributed by atoms with van der Waals surface area (Å²) in [5.41, 5.74) is 12.6. The Morgan fingerprint density at radius 1 is 1.06 bits per heavy atom. The normalized spacial score (nSPS) is 23.1. The zero-order valence-electron chi connectivity index (χ0n) is 18.0. The highest BCUT2D eigenvalue weighted by molar-refractivity contribution is 14.2. The molecule has 2 heterocycles. The molecule has 3 aliphatic rings. The van der Waals surface area contributed by atoms with Gasteiger partial charge in [-0.15, -0.1) is 0 Å². The van der Waals surface area contributed by atoms with Crippen LogP contribution >= 0.6 is 21.0 Å². The number of halogens is 1. The molecule has 170 valence electrons. The average Bonchev–Trinajstić information content (AvgIpc) is 3.31. The van der Waals surface area contributed by atoms with Crippen molar-refractivity contribution in [2.45, 2.75) is 37.8 Å². The van der Waals surface area contributed by atoms with Gasteiger partial charge in [-0.05, 0) is 62.1 Å². The lowest BCUT2D eigenvalue weighted by molar-refractivity contribution is 0.102. The van der Waals surface area contributed by atoms with Crippen LogP contribution in [0.4, 0.5) is 11.4 Å². The molecule has 0 bridgehead atoms. The van der Waals surface area contributed by atoms with Crippen LogP contribution in [-0.2, 0) is 0 Å². The van der Waals surface area contributed by atoms with Crippen molar-refractivity contribution >= 4 is 54.1 Å². The van der Waals surface area contributed by atoms with Gasteiger partial charge in [-0.2, -0.15) is 3.21 Å². The minimum absolute atomic E-state index is 0.127. The van der Waals surface area contributed by atoms with Crippen molar-refractivity contribution in [3.63, 3.8) is 0 Å². The molecule has 2 aromatic carbocycles. The van der Waals surface area contributed by atoms with E-state index in [1.807, 2.05) is 53.5 Å². The number of fused-ring (bicyclic) bond motifs is 1. The molecule has 5 rings (SSSR count). The Hall–Kier alpha value is -3.05. The number of hydrogen-bond donors (Lipinski definition) is 4. The molecular formula is C24H26IN7O. The van der Waals surface area contributed by atoms with E-state index in [2.05, 4.69) is 20.2 Å². The van der Waals surface area contributed by atoms with Gasteiger partial charge in [-0.25, -0.2) is 5.01 Å². The fourth-order valence-electron chi connectivity index (χ4n) is 3.98. The number of benzene rings is 2. The number of rotatable bonds is 5. The van der Waals surface area contributed by atoms with Crippen LogP contribution in [0.2, 0.25) is 0 Å². The quantitative estimate of drug-likeness (QED) is 0.421. The summed E-state index contributed by atoms with van der Waals surface area (Å²) in [6, 6.07) is 17.5. The van der Waals surface area contributed by atoms with Crippen LogP contribution in [-0.4, -0.2) is 38.8 Å². The lowest BCUT2D eigenvalue weighted by Gasteiger charge is -2.29. The van der Waals surface area contributed by atoms with Gasteiger partial charge in [0, 0.05) is 50.1 Å². The second-order valence-electron chi connectivity index (χ2n) is 8.25. The number of nitrogens with zero attached hydrogens (tertiary/aromatic N) is 3. The maximum Gasteiger partial charge on any atom is 0.255 e. The predicted molar refractivity (Wildman–Crippen MR) is 143 cm³/mol. The Bertz CT molecular complexity index is 1130. The van der Waals surface area contributed by atoms with Crippen molar-refractivity contribution in [1.82, 2.24) is 10.4 Å². The average molecular weight is 555 g/mol. The van der Waals surface area contributed by atoms with E-state index in [1.165, 1.54) is 0 Å². The van der Waals surface area contributed by atoms with Gasteiger partial charge < -0.3 is 16.4 Å². The van der Waals surface area contributed by atoms with Crippen molar-refractivity contribution in [1.29, 1.82) is 0 Å². The van der Waals surface area contributed by atoms with Crippen LogP contribution in [0, 0.1) is 0 Å². The molecule has 0 unspecified atom stereocenters. The Balaban J connectivity index is 1.28. The lowest BCUT2D eigenvalue weighted by Crippen LogP contribution is -2.49. The molecule has 0 aromatic heterocycles. The predicted octanol–water partition coefficient (Wildman–Crippen LogP) is 3.78. The van der Waals surface area contributed by atoms with E-state index in [-0.39, 0.29) is 26.9 Å². The van der Waals surface area contributed by atoms with Gasteiger partial charge in [0.15, 0.2) is 5.84 Å². The number of amides is 1. The maximum absolute atomic E-state index is 12.4. The molecule has 9 heteroatoms. The van der Waals surface area contributed by atoms with E-state index in [9.17, 15) is 4.79 Å². The summed E-state index contributed by atoms with van der Waals surface area (Å²) in [4.78, 5) is 17.3. The molecule has 1 saturated carbocycles. The molecule has 0 saturated heterocycles. The smallest absolute Gasteiger partial charge is 0.255 e. The molecule has 0 spiro atoms. The fraction of sp³-hybridized carbons (Fsp3) is 0.250. The summed E-state index contributed by atoms with van der Waals surface area (Å²) < 4.78 is 6.80. The first-order valence-corrected chi connectivity index (χ1v) is 13.2. The summed E-state index contributed by atoms with van der Waals surface area (Å²) in [5.74, 6) is 1.59. The summed E-state index contributed by atoms with van der Waals surface area (Å²) in [5, 5.41) is 8.37.